The molecule has 2 rings (SSSR count). The minimum atomic E-state index is 0.158. The molecule has 3 heteroatoms. The van der Waals surface area contributed by atoms with Crippen LogP contribution < -0.4 is 5.73 Å². The van der Waals surface area contributed by atoms with Crippen LogP contribution in [0.3, 0.4) is 0 Å². The van der Waals surface area contributed by atoms with Crippen LogP contribution >= 0.6 is 0 Å². The lowest BCUT2D eigenvalue weighted by molar-refractivity contribution is 0.115. The van der Waals surface area contributed by atoms with E-state index in [9.17, 15) is 0 Å². The summed E-state index contributed by atoms with van der Waals surface area (Å²) in [7, 11) is 0. The van der Waals surface area contributed by atoms with Gasteiger partial charge in [-0.2, -0.15) is 0 Å². The second-order valence-corrected chi connectivity index (χ2v) is 5.85. The third-order valence-corrected chi connectivity index (χ3v) is 4.29. The molecule has 2 N–H and O–H groups in total. The van der Waals surface area contributed by atoms with Gasteiger partial charge < -0.3 is 5.73 Å². The standard InChI is InChI=1S/C16H27N3/c1-3-4-14-7-11-19(12-8-14)16(13(2)17)15-5-9-18-10-6-15/h5-6,9-10,13-14,16H,3-4,7-8,11-12,17H2,1-2H3. The molecule has 2 unspecified atom stereocenters. The molecule has 2 atom stereocenters. The number of piperidine rings is 1. The van der Waals surface area contributed by atoms with Gasteiger partial charge in [-0.3, -0.25) is 9.88 Å². The van der Waals surface area contributed by atoms with Crippen LogP contribution in [0.1, 0.15) is 51.1 Å². The fraction of sp³-hybridized carbons (Fsp3) is 0.688. The quantitative estimate of drug-likeness (QED) is 0.886. The first kappa shape index (κ1) is 14.5. The van der Waals surface area contributed by atoms with Crippen LogP contribution in [-0.2, 0) is 0 Å². The molecule has 1 saturated heterocycles. The second kappa shape index (κ2) is 7.01. The van der Waals surface area contributed by atoms with Crippen LogP contribution in [0.25, 0.3) is 0 Å². The fourth-order valence-electron chi connectivity index (χ4n) is 3.34. The maximum atomic E-state index is 6.23. The molecule has 0 radical (unpaired) electrons. The number of hydrogen-bond donors (Lipinski definition) is 1. The molecule has 0 spiro atoms. The van der Waals surface area contributed by atoms with Crippen LogP contribution in [0, 0.1) is 5.92 Å². The lowest BCUT2D eigenvalue weighted by Gasteiger charge is -2.39. The van der Waals surface area contributed by atoms with E-state index in [4.69, 9.17) is 5.73 Å². The summed E-state index contributed by atoms with van der Waals surface area (Å²) < 4.78 is 0. The Labute approximate surface area is 117 Å². The molecule has 2 heterocycles. The highest BCUT2D eigenvalue weighted by molar-refractivity contribution is 5.17. The smallest absolute Gasteiger partial charge is 0.0497 e. The zero-order valence-electron chi connectivity index (χ0n) is 12.3. The number of likely N-dealkylation sites (tertiary alicyclic amines) is 1. The third-order valence-electron chi connectivity index (χ3n) is 4.29. The van der Waals surface area contributed by atoms with Gasteiger partial charge in [-0.25, -0.2) is 0 Å². The molecule has 1 aliphatic heterocycles. The lowest BCUT2D eigenvalue weighted by atomic mass is 9.90. The molecule has 1 aromatic heterocycles. The van der Waals surface area contributed by atoms with E-state index in [2.05, 4.69) is 35.9 Å². The van der Waals surface area contributed by atoms with Crippen molar-refractivity contribution in [1.29, 1.82) is 0 Å². The largest absolute Gasteiger partial charge is 0.326 e. The maximum Gasteiger partial charge on any atom is 0.0497 e. The van der Waals surface area contributed by atoms with Gasteiger partial charge in [0.2, 0.25) is 0 Å². The summed E-state index contributed by atoms with van der Waals surface area (Å²) in [5, 5.41) is 0. The van der Waals surface area contributed by atoms with Crippen LogP contribution in [0.15, 0.2) is 24.5 Å². The van der Waals surface area contributed by atoms with E-state index in [0.717, 1.165) is 5.92 Å². The lowest BCUT2D eigenvalue weighted by Crippen LogP contribution is -2.43. The molecule has 0 bridgehead atoms. The Kier molecular flexibility index (Phi) is 5.34. The van der Waals surface area contributed by atoms with Gasteiger partial charge in [0.05, 0.1) is 0 Å². The second-order valence-electron chi connectivity index (χ2n) is 5.85. The van der Waals surface area contributed by atoms with Crippen LogP contribution in [0.4, 0.5) is 0 Å². The maximum absolute atomic E-state index is 6.23. The van der Waals surface area contributed by atoms with Gasteiger partial charge in [0, 0.05) is 24.5 Å². The molecular formula is C16H27N3. The van der Waals surface area contributed by atoms with Gasteiger partial charge in [0.15, 0.2) is 0 Å². The summed E-state index contributed by atoms with van der Waals surface area (Å²) >= 11 is 0. The molecule has 0 amide bonds. The number of rotatable bonds is 5. The van der Waals surface area contributed by atoms with Crippen molar-refractivity contribution < 1.29 is 0 Å². The first-order chi connectivity index (χ1) is 9.22. The number of hydrogen-bond acceptors (Lipinski definition) is 3. The highest BCUT2D eigenvalue weighted by Crippen LogP contribution is 2.30. The van der Waals surface area contributed by atoms with Crippen molar-refractivity contribution >= 4 is 0 Å². The molecule has 1 aromatic rings. The van der Waals surface area contributed by atoms with E-state index >= 15 is 0 Å². The van der Waals surface area contributed by atoms with E-state index < -0.39 is 0 Å². The molecule has 3 nitrogen and oxygen atoms in total. The van der Waals surface area contributed by atoms with Crippen LogP contribution in [0.2, 0.25) is 0 Å². The van der Waals surface area contributed by atoms with Crippen molar-refractivity contribution in [3.63, 3.8) is 0 Å². The van der Waals surface area contributed by atoms with Gasteiger partial charge in [-0.05, 0) is 56.5 Å². The van der Waals surface area contributed by atoms with Gasteiger partial charge in [0.25, 0.3) is 0 Å². The van der Waals surface area contributed by atoms with E-state index in [1.807, 2.05) is 12.4 Å². The minimum absolute atomic E-state index is 0.158. The van der Waals surface area contributed by atoms with E-state index in [-0.39, 0.29) is 6.04 Å². The molecular weight excluding hydrogens is 234 g/mol. The third kappa shape index (κ3) is 3.77. The molecule has 1 fully saturated rings. The predicted octanol–water partition coefficient (Wildman–Crippen LogP) is 2.98. The molecule has 1 aliphatic rings. The summed E-state index contributed by atoms with van der Waals surface area (Å²) in [6.45, 7) is 6.76. The van der Waals surface area contributed by atoms with Crippen molar-refractivity contribution in [3.8, 4) is 0 Å². The average Bonchev–Trinajstić information content (AvgIpc) is 2.42. The van der Waals surface area contributed by atoms with Crippen molar-refractivity contribution in [2.45, 2.75) is 51.6 Å². The number of nitrogens with two attached hydrogens (primary N) is 1. The summed E-state index contributed by atoms with van der Waals surface area (Å²) in [6.07, 6.45) is 9.07. The van der Waals surface area contributed by atoms with E-state index in [1.165, 1.54) is 44.3 Å². The zero-order valence-corrected chi connectivity index (χ0v) is 12.3. The monoisotopic (exact) mass is 261 g/mol. The zero-order chi connectivity index (χ0) is 13.7. The normalized spacial score (nSPS) is 21.2. The van der Waals surface area contributed by atoms with Crippen LogP contribution in [0.5, 0.6) is 0 Å². The summed E-state index contributed by atoms with van der Waals surface area (Å²) in [5.41, 5.74) is 7.54. The van der Waals surface area contributed by atoms with E-state index in [0.29, 0.717) is 6.04 Å². The first-order valence-corrected chi connectivity index (χ1v) is 7.62. The Bertz CT molecular complexity index is 356. The molecule has 106 valence electrons. The number of pyridine rings is 1. The van der Waals surface area contributed by atoms with Gasteiger partial charge >= 0.3 is 0 Å². The van der Waals surface area contributed by atoms with Gasteiger partial charge in [0.1, 0.15) is 0 Å². The Morgan fingerprint density at radius 3 is 2.47 bits per heavy atom. The number of aromatic nitrogens is 1. The Hall–Kier alpha value is -0.930. The first-order valence-electron chi connectivity index (χ1n) is 7.62. The van der Waals surface area contributed by atoms with Crippen molar-refractivity contribution in [2.75, 3.05) is 13.1 Å². The van der Waals surface area contributed by atoms with Crippen molar-refractivity contribution in [1.82, 2.24) is 9.88 Å². The Balaban J connectivity index is 2.02. The van der Waals surface area contributed by atoms with Gasteiger partial charge in [-0.15, -0.1) is 0 Å². The predicted molar refractivity (Wildman–Crippen MR) is 79.8 cm³/mol. The van der Waals surface area contributed by atoms with E-state index in [1.54, 1.807) is 0 Å². The highest BCUT2D eigenvalue weighted by atomic mass is 15.2. The topological polar surface area (TPSA) is 42.2 Å². The van der Waals surface area contributed by atoms with Crippen molar-refractivity contribution in [2.24, 2.45) is 11.7 Å². The molecule has 0 saturated carbocycles. The SMILES string of the molecule is CCCC1CCN(C(c2ccncc2)C(C)N)CC1. The Morgan fingerprint density at radius 1 is 1.32 bits per heavy atom. The van der Waals surface area contributed by atoms with Crippen LogP contribution in [-0.4, -0.2) is 29.0 Å². The minimum Gasteiger partial charge on any atom is -0.326 e. The highest BCUT2D eigenvalue weighted by Gasteiger charge is 2.27. The number of nitrogens with zero attached hydrogens (tertiary/aromatic N) is 2. The van der Waals surface area contributed by atoms with Gasteiger partial charge in [-0.1, -0.05) is 19.8 Å². The summed E-state index contributed by atoms with van der Waals surface area (Å²) in [4.78, 5) is 6.67. The van der Waals surface area contributed by atoms with Crippen molar-refractivity contribution in [3.05, 3.63) is 30.1 Å². The fourth-order valence-corrected chi connectivity index (χ4v) is 3.34. The molecule has 0 aliphatic carbocycles. The summed E-state index contributed by atoms with van der Waals surface area (Å²) in [6, 6.07) is 4.70. The Morgan fingerprint density at radius 2 is 1.95 bits per heavy atom. The molecule has 0 aromatic carbocycles. The summed E-state index contributed by atoms with van der Waals surface area (Å²) in [5.74, 6) is 0.924. The average molecular weight is 261 g/mol. The molecule has 19 heavy (non-hydrogen) atoms.